The van der Waals surface area contributed by atoms with Gasteiger partial charge >= 0.3 is 0 Å². The average Bonchev–Trinajstić information content (AvgIpc) is 2.75. The molecule has 5 nitrogen and oxygen atoms in total. The fraction of sp³-hybridized carbons (Fsp3) is 0.391. The van der Waals surface area contributed by atoms with E-state index in [1.54, 1.807) is 6.33 Å². The number of likely N-dealkylation sites (tertiary alicyclic amines) is 1. The van der Waals surface area contributed by atoms with Crippen molar-refractivity contribution in [3.05, 3.63) is 59.4 Å². The normalized spacial score (nSPS) is 15.5. The lowest BCUT2D eigenvalue weighted by Crippen LogP contribution is -2.38. The van der Waals surface area contributed by atoms with Gasteiger partial charge in [0.15, 0.2) is 0 Å². The number of nitrogens with zero attached hydrogens (tertiary/aromatic N) is 3. The lowest BCUT2D eigenvalue weighted by atomic mass is 10.0. The number of benzene rings is 2. The van der Waals surface area contributed by atoms with Crippen LogP contribution in [0.1, 0.15) is 31.7 Å². The third kappa shape index (κ3) is 5.17. The van der Waals surface area contributed by atoms with Gasteiger partial charge in [0.2, 0.25) is 0 Å². The van der Waals surface area contributed by atoms with Gasteiger partial charge in [-0.3, -0.25) is 4.90 Å². The molecule has 1 aromatic heterocycles. The zero-order valence-electron chi connectivity index (χ0n) is 16.8. The van der Waals surface area contributed by atoms with E-state index in [1.165, 1.54) is 5.56 Å². The third-order valence-electron chi connectivity index (χ3n) is 5.33. The first kappa shape index (κ1) is 19.9. The zero-order valence-corrected chi connectivity index (χ0v) is 17.5. The van der Waals surface area contributed by atoms with Crippen molar-refractivity contribution < 1.29 is 4.74 Å². The molecule has 0 bridgehead atoms. The Morgan fingerprint density at radius 1 is 1.10 bits per heavy atom. The minimum Gasteiger partial charge on any atom is -0.494 e. The van der Waals surface area contributed by atoms with Crippen molar-refractivity contribution in [2.75, 3.05) is 25.0 Å². The molecule has 0 radical (unpaired) electrons. The fourth-order valence-corrected chi connectivity index (χ4v) is 3.91. The minimum absolute atomic E-state index is 0.410. The summed E-state index contributed by atoms with van der Waals surface area (Å²) in [5.74, 6) is 1.83. The first-order chi connectivity index (χ1) is 14.2. The van der Waals surface area contributed by atoms with Crippen molar-refractivity contribution >= 4 is 28.3 Å². The summed E-state index contributed by atoms with van der Waals surface area (Å²) in [5.41, 5.74) is 2.24. The van der Waals surface area contributed by atoms with Crippen LogP contribution >= 0.6 is 11.6 Å². The molecule has 4 rings (SSSR count). The highest BCUT2D eigenvalue weighted by atomic mass is 35.5. The minimum atomic E-state index is 0.410. The van der Waals surface area contributed by atoms with Gasteiger partial charge in [-0.15, -0.1) is 0 Å². The van der Waals surface area contributed by atoms with Gasteiger partial charge in [-0.1, -0.05) is 30.7 Å². The number of fused-ring (bicyclic) bond motifs is 1. The van der Waals surface area contributed by atoms with Crippen LogP contribution in [-0.2, 0) is 6.54 Å². The molecule has 2 aromatic carbocycles. The van der Waals surface area contributed by atoms with Gasteiger partial charge in [-0.2, -0.15) is 0 Å². The molecular weight excluding hydrogens is 384 g/mol. The highest BCUT2D eigenvalue weighted by molar-refractivity contribution is 6.31. The SMILES string of the molecule is CCCOc1ccc(CN2CCC(Nc3ncnc4ccc(Cl)cc34)CC2)cc1. The van der Waals surface area contributed by atoms with E-state index in [1.807, 2.05) is 18.2 Å². The van der Waals surface area contributed by atoms with Crippen LogP contribution in [0.2, 0.25) is 5.02 Å². The van der Waals surface area contributed by atoms with Crippen molar-refractivity contribution in [3.63, 3.8) is 0 Å². The Morgan fingerprint density at radius 2 is 1.90 bits per heavy atom. The number of hydrogen-bond donors (Lipinski definition) is 1. The monoisotopic (exact) mass is 410 g/mol. The first-order valence-electron chi connectivity index (χ1n) is 10.3. The Bertz CT molecular complexity index is 939. The number of piperidine rings is 1. The van der Waals surface area contributed by atoms with E-state index in [9.17, 15) is 0 Å². The van der Waals surface area contributed by atoms with E-state index in [0.29, 0.717) is 11.1 Å². The van der Waals surface area contributed by atoms with E-state index in [-0.39, 0.29) is 0 Å². The van der Waals surface area contributed by atoms with Crippen LogP contribution < -0.4 is 10.1 Å². The number of halogens is 1. The van der Waals surface area contributed by atoms with Crippen LogP contribution in [0.5, 0.6) is 5.75 Å². The van der Waals surface area contributed by atoms with Crippen LogP contribution in [-0.4, -0.2) is 40.6 Å². The van der Waals surface area contributed by atoms with E-state index >= 15 is 0 Å². The van der Waals surface area contributed by atoms with Crippen LogP contribution in [0.3, 0.4) is 0 Å². The third-order valence-corrected chi connectivity index (χ3v) is 5.56. The largest absolute Gasteiger partial charge is 0.494 e. The molecule has 0 unspecified atom stereocenters. The van der Waals surface area contributed by atoms with Crippen molar-refractivity contribution in [2.24, 2.45) is 0 Å². The maximum atomic E-state index is 6.17. The predicted octanol–water partition coefficient (Wildman–Crippen LogP) is 5.15. The second-order valence-corrected chi connectivity index (χ2v) is 8.01. The zero-order chi connectivity index (χ0) is 20.1. The quantitative estimate of drug-likeness (QED) is 0.583. The molecular formula is C23H27ClN4O. The topological polar surface area (TPSA) is 50.3 Å². The summed E-state index contributed by atoms with van der Waals surface area (Å²) in [6.45, 7) is 6.00. The molecule has 1 saturated heterocycles. The molecule has 2 heterocycles. The Labute approximate surface area is 177 Å². The van der Waals surface area contributed by atoms with E-state index in [2.05, 4.69) is 51.4 Å². The standard InChI is InChI=1S/C23H27ClN4O/c1-2-13-29-20-6-3-17(4-7-20)15-28-11-9-19(10-12-28)27-23-21-14-18(24)5-8-22(21)25-16-26-23/h3-8,14,16,19H,2,9-13,15H2,1H3,(H,25,26,27). The molecule has 3 aromatic rings. The number of rotatable bonds is 7. The van der Waals surface area contributed by atoms with Gasteiger partial charge in [-0.25, -0.2) is 9.97 Å². The van der Waals surface area contributed by atoms with Crippen molar-refractivity contribution in [2.45, 2.75) is 38.8 Å². The highest BCUT2D eigenvalue weighted by Gasteiger charge is 2.20. The molecule has 1 aliphatic heterocycles. The Balaban J connectivity index is 1.31. The maximum Gasteiger partial charge on any atom is 0.137 e. The van der Waals surface area contributed by atoms with E-state index in [4.69, 9.17) is 16.3 Å². The Hall–Kier alpha value is -2.37. The van der Waals surface area contributed by atoms with Crippen molar-refractivity contribution in [3.8, 4) is 5.75 Å². The summed E-state index contributed by atoms with van der Waals surface area (Å²) in [6.07, 6.45) is 4.82. The molecule has 1 fully saturated rings. The molecule has 0 atom stereocenters. The van der Waals surface area contributed by atoms with Gasteiger partial charge in [0.25, 0.3) is 0 Å². The molecule has 0 spiro atoms. The number of nitrogens with one attached hydrogen (secondary N) is 1. The van der Waals surface area contributed by atoms with Gasteiger partial charge in [0.05, 0.1) is 12.1 Å². The number of aromatic nitrogens is 2. The van der Waals surface area contributed by atoms with Crippen LogP contribution in [0.25, 0.3) is 10.9 Å². The molecule has 152 valence electrons. The lowest BCUT2D eigenvalue weighted by Gasteiger charge is -2.32. The predicted molar refractivity (Wildman–Crippen MR) is 119 cm³/mol. The Morgan fingerprint density at radius 3 is 2.66 bits per heavy atom. The number of anilines is 1. The molecule has 29 heavy (non-hydrogen) atoms. The number of ether oxygens (including phenoxy) is 1. The van der Waals surface area contributed by atoms with Crippen LogP contribution in [0, 0.1) is 0 Å². The summed E-state index contributed by atoms with van der Waals surface area (Å²) in [4.78, 5) is 11.3. The first-order valence-corrected chi connectivity index (χ1v) is 10.7. The molecule has 0 saturated carbocycles. The van der Waals surface area contributed by atoms with Gasteiger partial charge < -0.3 is 10.1 Å². The van der Waals surface area contributed by atoms with Gasteiger partial charge in [-0.05, 0) is 55.2 Å². The summed E-state index contributed by atoms with van der Waals surface area (Å²) in [7, 11) is 0. The maximum absolute atomic E-state index is 6.17. The highest BCUT2D eigenvalue weighted by Crippen LogP contribution is 2.25. The van der Waals surface area contributed by atoms with Crippen molar-refractivity contribution in [1.82, 2.24) is 14.9 Å². The van der Waals surface area contributed by atoms with E-state index in [0.717, 1.165) is 68.0 Å². The van der Waals surface area contributed by atoms with Crippen LogP contribution in [0.4, 0.5) is 5.82 Å². The fourth-order valence-electron chi connectivity index (χ4n) is 3.74. The Kier molecular flexibility index (Phi) is 6.47. The second-order valence-electron chi connectivity index (χ2n) is 7.57. The summed E-state index contributed by atoms with van der Waals surface area (Å²) < 4.78 is 5.67. The van der Waals surface area contributed by atoms with Crippen molar-refractivity contribution in [1.29, 1.82) is 0 Å². The molecule has 1 aliphatic rings. The molecule has 1 N–H and O–H groups in total. The summed E-state index contributed by atoms with van der Waals surface area (Å²) in [5, 5.41) is 5.29. The van der Waals surface area contributed by atoms with Gasteiger partial charge in [0, 0.05) is 36.1 Å². The lowest BCUT2D eigenvalue weighted by molar-refractivity contribution is 0.211. The smallest absolute Gasteiger partial charge is 0.137 e. The number of hydrogen-bond acceptors (Lipinski definition) is 5. The summed E-state index contributed by atoms with van der Waals surface area (Å²) >= 11 is 6.17. The van der Waals surface area contributed by atoms with E-state index < -0.39 is 0 Å². The molecule has 0 amide bonds. The van der Waals surface area contributed by atoms with Gasteiger partial charge in [0.1, 0.15) is 17.9 Å². The molecule has 6 heteroatoms. The van der Waals surface area contributed by atoms with Crippen LogP contribution in [0.15, 0.2) is 48.8 Å². The second kappa shape index (κ2) is 9.42. The summed E-state index contributed by atoms with van der Waals surface area (Å²) in [6, 6.07) is 14.6. The molecule has 0 aliphatic carbocycles. The average molecular weight is 411 g/mol.